The van der Waals surface area contributed by atoms with E-state index in [0.717, 1.165) is 32.5 Å². The number of carbonyl (C=O) groups excluding carboxylic acids is 2. The van der Waals surface area contributed by atoms with E-state index < -0.39 is 0 Å². The summed E-state index contributed by atoms with van der Waals surface area (Å²) in [5.74, 6) is 0.347. The van der Waals surface area contributed by atoms with Gasteiger partial charge in [-0.2, -0.15) is 0 Å². The van der Waals surface area contributed by atoms with Gasteiger partial charge in [0.1, 0.15) is 5.75 Å². The number of benzene rings is 3. The quantitative estimate of drug-likeness (QED) is 0.478. The maximum Gasteiger partial charge on any atom is 0.319 e. The van der Waals surface area contributed by atoms with Gasteiger partial charge in [-0.25, -0.2) is 4.79 Å². The number of hydrogen-bond acceptors (Lipinski definition) is 4. The summed E-state index contributed by atoms with van der Waals surface area (Å²) in [4.78, 5) is 27.4. The number of nitrogens with zero attached hydrogens (tertiary/aromatic N) is 1. The molecule has 3 amide bonds. The van der Waals surface area contributed by atoms with Crippen molar-refractivity contribution in [1.29, 1.82) is 0 Å². The number of nitrogens with one attached hydrogen (secondary N) is 3. The van der Waals surface area contributed by atoms with E-state index in [9.17, 15) is 9.59 Å². The van der Waals surface area contributed by atoms with Crippen LogP contribution < -0.4 is 20.7 Å². The highest BCUT2D eigenvalue weighted by atomic mass is 16.5. The van der Waals surface area contributed by atoms with Gasteiger partial charge in [-0.1, -0.05) is 42.5 Å². The van der Waals surface area contributed by atoms with Crippen molar-refractivity contribution in [3.63, 3.8) is 0 Å². The van der Waals surface area contributed by atoms with Crippen LogP contribution in [-0.2, 0) is 6.54 Å². The van der Waals surface area contributed by atoms with Crippen LogP contribution in [0.25, 0.3) is 0 Å². The van der Waals surface area contributed by atoms with E-state index in [4.69, 9.17) is 4.74 Å². The van der Waals surface area contributed by atoms with Crippen LogP contribution in [0.1, 0.15) is 28.8 Å². The molecule has 3 aromatic carbocycles. The average molecular weight is 459 g/mol. The molecule has 7 heteroatoms. The summed E-state index contributed by atoms with van der Waals surface area (Å²) < 4.78 is 5.27. The molecule has 3 aromatic rings. The zero-order valence-electron chi connectivity index (χ0n) is 19.3. The maximum absolute atomic E-state index is 12.5. The summed E-state index contributed by atoms with van der Waals surface area (Å²) in [5.41, 5.74) is 3.04. The number of urea groups is 1. The molecule has 34 heavy (non-hydrogen) atoms. The minimum Gasteiger partial charge on any atom is -0.495 e. The maximum atomic E-state index is 12.5. The fourth-order valence-corrected chi connectivity index (χ4v) is 4.08. The standard InChI is InChI=1S/C27H30N4O3/c1-34-25-10-6-5-9-24(25)30-26(32)21-11-13-22(14-12-21)28-27(33)29-23-15-17-31(18-16-23)19-20-7-3-2-4-8-20/h2-14,23H,15-19H2,1H3,(H,30,32)(H2,28,29,33). The minimum atomic E-state index is -0.247. The molecule has 1 aliphatic heterocycles. The van der Waals surface area contributed by atoms with Crippen molar-refractivity contribution in [2.75, 3.05) is 30.8 Å². The fourth-order valence-electron chi connectivity index (χ4n) is 4.08. The van der Waals surface area contributed by atoms with Crippen LogP contribution in [0.4, 0.5) is 16.2 Å². The van der Waals surface area contributed by atoms with E-state index in [-0.39, 0.29) is 18.0 Å². The molecule has 4 rings (SSSR count). The molecule has 0 saturated carbocycles. The molecule has 7 nitrogen and oxygen atoms in total. The second-order valence-electron chi connectivity index (χ2n) is 8.37. The highest BCUT2D eigenvalue weighted by molar-refractivity contribution is 6.05. The number of likely N-dealkylation sites (tertiary alicyclic amines) is 1. The summed E-state index contributed by atoms with van der Waals surface area (Å²) in [7, 11) is 1.56. The number of methoxy groups -OCH3 is 1. The molecule has 1 fully saturated rings. The smallest absolute Gasteiger partial charge is 0.319 e. The molecule has 176 valence electrons. The molecule has 0 aliphatic carbocycles. The topological polar surface area (TPSA) is 82.7 Å². The third-order valence-corrected chi connectivity index (χ3v) is 5.93. The Kier molecular flexibility index (Phi) is 7.78. The summed E-state index contributed by atoms with van der Waals surface area (Å²) in [6.07, 6.45) is 1.84. The monoisotopic (exact) mass is 458 g/mol. The Bertz CT molecular complexity index is 1090. The van der Waals surface area contributed by atoms with Crippen LogP contribution in [0.3, 0.4) is 0 Å². The van der Waals surface area contributed by atoms with Crippen LogP contribution in [0.5, 0.6) is 5.75 Å². The van der Waals surface area contributed by atoms with E-state index in [0.29, 0.717) is 22.7 Å². The number of anilines is 2. The molecule has 0 unspecified atom stereocenters. The number of hydrogen-bond donors (Lipinski definition) is 3. The number of para-hydroxylation sites is 2. The molecule has 1 heterocycles. The van der Waals surface area contributed by atoms with Crippen LogP contribution in [0, 0.1) is 0 Å². The van der Waals surface area contributed by atoms with Crippen molar-refractivity contribution in [2.24, 2.45) is 0 Å². The van der Waals surface area contributed by atoms with Gasteiger partial charge < -0.3 is 20.7 Å². The fraction of sp³-hybridized carbons (Fsp3) is 0.259. The van der Waals surface area contributed by atoms with Gasteiger partial charge in [-0.15, -0.1) is 0 Å². The average Bonchev–Trinajstić information content (AvgIpc) is 2.86. The van der Waals surface area contributed by atoms with Gasteiger partial charge in [0.25, 0.3) is 5.91 Å². The van der Waals surface area contributed by atoms with Crippen LogP contribution in [0.2, 0.25) is 0 Å². The van der Waals surface area contributed by atoms with Crippen molar-refractivity contribution in [2.45, 2.75) is 25.4 Å². The molecule has 1 saturated heterocycles. The number of ether oxygens (including phenoxy) is 1. The van der Waals surface area contributed by atoms with Crippen molar-refractivity contribution in [1.82, 2.24) is 10.2 Å². The molecule has 0 spiro atoms. The van der Waals surface area contributed by atoms with Gasteiger partial charge in [-0.05, 0) is 54.8 Å². The highest BCUT2D eigenvalue weighted by Crippen LogP contribution is 2.24. The lowest BCUT2D eigenvalue weighted by molar-refractivity contribution is 0.102. The van der Waals surface area contributed by atoms with Gasteiger partial charge in [0.05, 0.1) is 12.8 Å². The normalized spacial score (nSPS) is 14.3. The predicted molar refractivity (Wildman–Crippen MR) is 134 cm³/mol. The van der Waals surface area contributed by atoms with Crippen LogP contribution >= 0.6 is 0 Å². The molecular formula is C27H30N4O3. The first kappa shape index (κ1) is 23.3. The summed E-state index contributed by atoms with van der Waals surface area (Å²) in [5, 5.41) is 8.77. The summed E-state index contributed by atoms with van der Waals surface area (Å²) in [6, 6.07) is 24.4. The minimum absolute atomic E-state index is 0.151. The van der Waals surface area contributed by atoms with Gasteiger partial charge in [0, 0.05) is 36.9 Å². The van der Waals surface area contributed by atoms with Gasteiger partial charge in [0.2, 0.25) is 0 Å². The van der Waals surface area contributed by atoms with Crippen molar-refractivity contribution < 1.29 is 14.3 Å². The first-order valence-corrected chi connectivity index (χ1v) is 11.5. The largest absolute Gasteiger partial charge is 0.495 e. The van der Waals surface area contributed by atoms with Crippen LogP contribution in [0.15, 0.2) is 78.9 Å². The molecule has 0 aromatic heterocycles. The lowest BCUT2D eigenvalue weighted by Crippen LogP contribution is -2.45. The third-order valence-electron chi connectivity index (χ3n) is 5.93. The number of piperidine rings is 1. The zero-order valence-corrected chi connectivity index (χ0v) is 19.3. The Morgan fingerprint density at radius 2 is 1.56 bits per heavy atom. The molecule has 3 N–H and O–H groups in total. The molecule has 1 aliphatic rings. The van der Waals surface area contributed by atoms with E-state index >= 15 is 0 Å². The third kappa shape index (κ3) is 6.36. The summed E-state index contributed by atoms with van der Waals surface area (Å²) in [6.45, 7) is 2.85. The Labute approximate surface area is 200 Å². The lowest BCUT2D eigenvalue weighted by atomic mass is 10.0. The molecule has 0 atom stereocenters. The summed E-state index contributed by atoms with van der Waals surface area (Å²) >= 11 is 0. The van der Waals surface area contributed by atoms with Crippen molar-refractivity contribution >= 4 is 23.3 Å². The Morgan fingerprint density at radius 3 is 2.26 bits per heavy atom. The molecular weight excluding hydrogens is 428 g/mol. The van der Waals surface area contributed by atoms with Gasteiger partial charge >= 0.3 is 6.03 Å². The molecule has 0 bridgehead atoms. The Hall–Kier alpha value is -3.84. The highest BCUT2D eigenvalue weighted by Gasteiger charge is 2.20. The van der Waals surface area contributed by atoms with Crippen LogP contribution in [-0.4, -0.2) is 43.1 Å². The van der Waals surface area contributed by atoms with Gasteiger partial charge in [-0.3, -0.25) is 9.69 Å². The van der Waals surface area contributed by atoms with E-state index in [1.54, 1.807) is 43.5 Å². The van der Waals surface area contributed by atoms with E-state index in [2.05, 4.69) is 45.1 Å². The number of carbonyl (C=O) groups is 2. The molecule has 0 radical (unpaired) electrons. The second-order valence-corrected chi connectivity index (χ2v) is 8.37. The second kappa shape index (κ2) is 11.3. The van der Waals surface area contributed by atoms with E-state index in [1.807, 2.05) is 18.2 Å². The SMILES string of the molecule is COc1ccccc1NC(=O)c1ccc(NC(=O)NC2CCN(Cc3ccccc3)CC2)cc1. The van der Waals surface area contributed by atoms with Gasteiger partial charge in [0.15, 0.2) is 0 Å². The predicted octanol–water partition coefficient (Wildman–Crippen LogP) is 4.73. The number of amides is 3. The first-order chi connectivity index (χ1) is 16.6. The zero-order chi connectivity index (χ0) is 23.8. The number of rotatable bonds is 7. The Morgan fingerprint density at radius 1 is 0.882 bits per heavy atom. The lowest BCUT2D eigenvalue weighted by Gasteiger charge is -2.32. The van der Waals surface area contributed by atoms with Crippen molar-refractivity contribution in [3.8, 4) is 5.75 Å². The first-order valence-electron chi connectivity index (χ1n) is 11.5. The van der Waals surface area contributed by atoms with E-state index in [1.165, 1.54) is 5.56 Å². The Balaban J connectivity index is 1.23. The van der Waals surface area contributed by atoms with Crippen molar-refractivity contribution in [3.05, 3.63) is 90.0 Å².